The van der Waals surface area contributed by atoms with Crippen LogP contribution in [0.25, 0.3) is 0 Å². The minimum absolute atomic E-state index is 0. The van der Waals surface area contributed by atoms with Crippen LogP contribution in [0.3, 0.4) is 0 Å². The summed E-state index contributed by atoms with van der Waals surface area (Å²) in [6.45, 7) is 4.18. The lowest BCUT2D eigenvalue weighted by atomic mass is 10.1. The number of nitrogens with one attached hydrogen (secondary N) is 1. The molecule has 1 aliphatic carbocycles. The number of halogens is 1. The fourth-order valence-electron chi connectivity index (χ4n) is 2.46. The molecule has 0 aromatic rings. The third kappa shape index (κ3) is 5.48. The van der Waals surface area contributed by atoms with Crippen LogP contribution >= 0.6 is 12.4 Å². The van der Waals surface area contributed by atoms with Crippen molar-refractivity contribution in [2.24, 2.45) is 5.92 Å². The van der Waals surface area contributed by atoms with Gasteiger partial charge in [-0.1, -0.05) is 0 Å². The number of hydrogen-bond acceptors (Lipinski definition) is 4. The van der Waals surface area contributed by atoms with Crippen LogP contribution < -0.4 is 5.32 Å². The summed E-state index contributed by atoms with van der Waals surface area (Å²) < 4.78 is 31.0. The molecule has 5 nitrogen and oxygen atoms in total. The summed E-state index contributed by atoms with van der Waals surface area (Å²) in [6.07, 6.45) is 4.32. The molecule has 2 fully saturated rings. The van der Waals surface area contributed by atoms with Crippen molar-refractivity contribution in [2.45, 2.75) is 44.8 Å². The molecule has 120 valence electrons. The zero-order valence-electron chi connectivity index (χ0n) is 12.4. The van der Waals surface area contributed by atoms with E-state index in [0.29, 0.717) is 19.1 Å². The average Bonchev–Trinajstić information content (AvgIpc) is 3.20. The highest BCUT2D eigenvalue weighted by Crippen LogP contribution is 2.28. The topological polar surface area (TPSA) is 58.6 Å². The van der Waals surface area contributed by atoms with Gasteiger partial charge in [0.1, 0.15) is 0 Å². The highest BCUT2D eigenvalue weighted by molar-refractivity contribution is 7.89. The second-order valence-electron chi connectivity index (χ2n) is 5.85. The van der Waals surface area contributed by atoms with Crippen molar-refractivity contribution < 1.29 is 13.2 Å². The second-order valence-corrected chi connectivity index (χ2v) is 7.86. The predicted molar refractivity (Wildman–Crippen MR) is 82.8 cm³/mol. The predicted octanol–water partition coefficient (Wildman–Crippen LogP) is 1.24. The van der Waals surface area contributed by atoms with Crippen molar-refractivity contribution in [3.8, 4) is 0 Å². The Labute approximate surface area is 128 Å². The molecule has 1 atom stereocenters. The number of piperidine rings is 1. The molecular formula is C13H27ClN2O3S. The third-order valence-electron chi connectivity index (χ3n) is 4.09. The number of sulfonamides is 1. The Kier molecular flexibility index (Phi) is 7.21. The van der Waals surface area contributed by atoms with Gasteiger partial charge in [0.25, 0.3) is 0 Å². The van der Waals surface area contributed by atoms with Gasteiger partial charge in [-0.2, -0.15) is 0 Å². The first-order valence-corrected chi connectivity index (χ1v) is 8.86. The van der Waals surface area contributed by atoms with Crippen LogP contribution in [-0.2, 0) is 14.8 Å². The third-order valence-corrected chi connectivity index (χ3v) is 6.13. The summed E-state index contributed by atoms with van der Waals surface area (Å²) in [6, 6.07) is 0.492. The molecule has 0 radical (unpaired) electrons. The average molecular weight is 327 g/mol. The number of hydrogen-bond donors (Lipinski definition) is 1. The van der Waals surface area contributed by atoms with Crippen LogP contribution in [0, 0.1) is 5.92 Å². The van der Waals surface area contributed by atoms with E-state index < -0.39 is 10.0 Å². The second kappa shape index (κ2) is 7.94. The molecule has 0 aromatic carbocycles. The molecule has 1 N–H and O–H groups in total. The monoisotopic (exact) mass is 326 g/mol. The van der Waals surface area contributed by atoms with Crippen molar-refractivity contribution in [1.82, 2.24) is 9.62 Å². The Morgan fingerprint density at radius 2 is 1.85 bits per heavy atom. The highest BCUT2D eigenvalue weighted by Gasteiger charge is 2.30. The lowest BCUT2D eigenvalue weighted by Crippen LogP contribution is -2.46. The summed E-state index contributed by atoms with van der Waals surface area (Å²) in [5, 5.41) is 3.56. The summed E-state index contributed by atoms with van der Waals surface area (Å²) in [4.78, 5) is 0. The summed E-state index contributed by atoms with van der Waals surface area (Å²) in [5.74, 6) is 0.966. The van der Waals surface area contributed by atoms with Gasteiger partial charge in [0.2, 0.25) is 10.0 Å². The van der Waals surface area contributed by atoms with E-state index in [2.05, 4.69) is 5.32 Å². The smallest absolute Gasteiger partial charge is 0.216 e. The van der Waals surface area contributed by atoms with Crippen LogP contribution in [0.4, 0.5) is 0 Å². The van der Waals surface area contributed by atoms with Crippen LogP contribution in [0.2, 0.25) is 0 Å². The molecule has 2 aliphatic rings. The molecule has 1 unspecified atom stereocenters. The first kappa shape index (κ1) is 18.2. The number of rotatable bonds is 7. The summed E-state index contributed by atoms with van der Waals surface area (Å²) in [5.41, 5.74) is 0. The maximum atomic E-state index is 12.2. The van der Waals surface area contributed by atoms with Crippen molar-refractivity contribution in [1.29, 1.82) is 0 Å². The number of methoxy groups -OCH3 is 1. The van der Waals surface area contributed by atoms with Gasteiger partial charge in [-0.25, -0.2) is 12.7 Å². The van der Waals surface area contributed by atoms with E-state index in [1.807, 2.05) is 0 Å². The van der Waals surface area contributed by atoms with E-state index in [1.54, 1.807) is 18.3 Å². The molecule has 1 aliphatic heterocycles. The van der Waals surface area contributed by atoms with Crippen molar-refractivity contribution in [2.75, 3.05) is 32.5 Å². The molecular weight excluding hydrogens is 300 g/mol. The van der Waals surface area contributed by atoms with Crippen LogP contribution in [0.5, 0.6) is 0 Å². The van der Waals surface area contributed by atoms with Gasteiger partial charge in [0.15, 0.2) is 0 Å². The minimum atomic E-state index is -3.16. The largest absolute Gasteiger partial charge is 0.381 e. The molecule has 1 heterocycles. The van der Waals surface area contributed by atoms with Crippen LogP contribution in [-0.4, -0.2) is 57.4 Å². The first-order chi connectivity index (χ1) is 9.01. The Bertz CT molecular complexity index is 379. The van der Waals surface area contributed by atoms with Gasteiger partial charge in [-0.05, 0) is 45.1 Å². The molecule has 1 saturated heterocycles. The van der Waals surface area contributed by atoms with Crippen molar-refractivity contribution >= 4 is 22.4 Å². The lowest BCUT2D eigenvalue weighted by molar-refractivity contribution is 0.134. The maximum absolute atomic E-state index is 12.2. The van der Waals surface area contributed by atoms with Crippen molar-refractivity contribution in [3.63, 3.8) is 0 Å². The molecule has 7 heteroatoms. The maximum Gasteiger partial charge on any atom is 0.216 e. The minimum Gasteiger partial charge on any atom is -0.381 e. The van der Waals surface area contributed by atoms with Crippen LogP contribution in [0.15, 0.2) is 0 Å². The van der Waals surface area contributed by atoms with E-state index in [4.69, 9.17) is 4.74 Å². The van der Waals surface area contributed by atoms with Crippen LogP contribution in [0.1, 0.15) is 32.6 Å². The Morgan fingerprint density at radius 3 is 2.35 bits per heavy atom. The molecule has 0 spiro atoms. The van der Waals surface area contributed by atoms with E-state index in [0.717, 1.165) is 25.3 Å². The molecule has 0 aromatic heterocycles. The molecule has 1 saturated carbocycles. The van der Waals surface area contributed by atoms with Gasteiger partial charge in [0, 0.05) is 26.2 Å². The molecule has 2 rings (SSSR count). The van der Waals surface area contributed by atoms with E-state index in [-0.39, 0.29) is 24.3 Å². The Morgan fingerprint density at radius 1 is 1.25 bits per heavy atom. The Hall–Kier alpha value is 0.120. The van der Waals surface area contributed by atoms with E-state index in [9.17, 15) is 8.42 Å². The van der Waals surface area contributed by atoms with E-state index >= 15 is 0 Å². The number of nitrogens with zero attached hydrogens (tertiary/aromatic N) is 1. The molecule has 0 bridgehead atoms. The van der Waals surface area contributed by atoms with Gasteiger partial charge < -0.3 is 10.1 Å². The fourth-order valence-corrected chi connectivity index (χ4v) is 4.17. The van der Waals surface area contributed by atoms with Gasteiger partial charge >= 0.3 is 0 Å². The molecule has 20 heavy (non-hydrogen) atoms. The quantitative estimate of drug-likeness (QED) is 0.764. The summed E-state index contributed by atoms with van der Waals surface area (Å²) >= 11 is 0. The number of ether oxygens (including phenoxy) is 1. The fraction of sp³-hybridized carbons (Fsp3) is 1.00. The SMILES string of the molecule is COC(C)CS(=O)(=O)N1CCC(NCC2CC2)CC1.Cl. The van der Waals surface area contributed by atoms with E-state index in [1.165, 1.54) is 12.8 Å². The zero-order valence-corrected chi connectivity index (χ0v) is 14.0. The lowest BCUT2D eigenvalue weighted by Gasteiger charge is -2.32. The van der Waals surface area contributed by atoms with Gasteiger partial charge in [-0.15, -0.1) is 12.4 Å². The molecule has 0 amide bonds. The van der Waals surface area contributed by atoms with Crippen molar-refractivity contribution in [3.05, 3.63) is 0 Å². The standard InChI is InChI=1S/C13H26N2O3S.ClH/c1-11(18-2)10-19(16,17)15-7-5-13(6-8-15)14-9-12-3-4-12;/h11-14H,3-10H2,1-2H3;1H. The zero-order chi connectivity index (χ0) is 13.9. The van der Waals surface area contributed by atoms with Gasteiger partial charge in [0.05, 0.1) is 11.9 Å². The van der Waals surface area contributed by atoms with Gasteiger partial charge in [-0.3, -0.25) is 0 Å². The highest BCUT2D eigenvalue weighted by atomic mass is 35.5. The summed E-state index contributed by atoms with van der Waals surface area (Å²) in [7, 11) is -1.61. The first-order valence-electron chi connectivity index (χ1n) is 7.25. The Balaban J connectivity index is 0.00000200. The normalized spacial score (nSPS) is 23.3.